The molecule has 1 aliphatic heterocycles. The van der Waals surface area contributed by atoms with Crippen molar-refractivity contribution in [2.24, 2.45) is 0 Å². The molecule has 2 N–H and O–H groups in total. The predicted octanol–water partition coefficient (Wildman–Crippen LogP) is 3.13. The molecule has 1 aliphatic rings. The highest BCUT2D eigenvalue weighted by atomic mass is 16.2. The second kappa shape index (κ2) is 8.07. The number of amides is 2. The summed E-state index contributed by atoms with van der Waals surface area (Å²) in [5.41, 5.74) is 2.17. The van der Waals surface area contributed by atoms with Crippen LogP contribution in [0.5, 0.6) is 0 Å². The number of pyridine rings is 2. The minimum atomic E-state index is -0.182. The third-order valence-electron chi connectivity index (χ3n) is 4.73. The van der Waals surface area contributed by atoms with E-state index in [1.807, 2.05) is 31.5 Å². The first-order chi connectivity index (χ1) is 12.1. The molecule has 3 heterocycles. The van der Waals surface area contributed by atoms with Gasteiger partial charge in [0.2, 0.25) is 0 Å². The van der Waals surface area contributed by atoms with Crippen LogP contribution >= 0.6 is 0 Å². The Bertz CT molecular complexity index is 698. The number of aromatic nitrogens is 2. The summed E-state index contributed by atoms with van der Waals surface area (Å²) in [6.45, 7) is 6.07. The maximum absolute atomic E-state index is 12.1. The highest BCUT2D eigenvalue weighted by molar-refractivity contribution is 5.88. The molecule has 2 aromatic rings. The Kier molecular flexibility index (Phi) is 5.60. The van der Waals surface area contributed by atoms with Gasteiger partial charge in [-0.05, 0) is 56.5 Å². The Morgan fingerprint density at radius 1 is 1.20 bits per heavy atom. The van der Waals surface area contributed by atoms with Crippen LogP contribution in [0.4, 0.5) is 10.6 Å². The van der Waals surface area contributed by atoms with E-state index in [0.29, 0.717) is 11.9 Å². The molecule has 1 fully saturated rings. The number of rotatable bonds is 4. The monoisotopic (exact) mass is 339 g/mol. The fourth-order valence-electron chi connectivity index (χ4n) is 3.23. The zero-order valence-electron chi connectivity index (χ0n) is 14.8. The standard InChI is InChI=1S/C19H25N5O/c1-14-4-3-5-18(21-14)23-19(25)22-17-8-12-24(13-9-17)15(2)16-6-10-20-11-7-16/h3-7,10-11,15,17H,8-9,12-13H2,1-2H3,(H2,21,22,23,25)/t15-/m0/s1. The van der Waals surface area contributed by atoms with Crippen LogP contribution in [0.15, 0.2) is 42.7 Å². The van der Waals surface area contributed by atoms with Crippen molar-refractivity contribution >= 4 is 11.8 Å². The number of piperidine rings is 1. The highest BCUT2D eigenvalue weighted by Crippen LogP contribution is 2.23. The minimum Gasteiger partial charge on any atom is -0.335 e. The number of anilines is 1. The average molecular weight is 339 g/mol. The van der Waals surface area contributed by atoms with Gasteiger partial charge in [-0.2, -0.15) is 0 Å². The molecule has 1 atom stereocenters. The molecular weight excluding hydrogens is 314 g/mol. The normalized spacial score (nSPS) is 17.0. The average Bonchev–Trinajstić information content (AvgIpc) is 2.62. The van der Waals surface area contributed by atoms with Gasteiger partial charge in [-0.15, -0.1) is 0 Å². The van der Waals surface area contributed by atoms with Crippen LogP contribution in [0.1, 0.15) is 37.1 Å². The summed E-state index contributed by atoms with van der Waals surface area (Å²) in [7, 11) is 0. The number of urea groups is 1. The van der Waals surface area contributed by atoms with Crippen LogP contribution < -0.4 is 10.6 Å². The number of hydrogen-bond acceptors (Lipinski definition) is 4. The Hall–Kier alpha value is -2.47. The summed E-state index contributed by atoms with van der Waals surface area (Å²) in [5, 5.41) is 5.87. The topological polar surface area (TPSA) is 70.2 Å². The van der Waals surface area contributed by atoms with Crippen molar-refractivity contribution < 1.29 is 4.79 Å². The van der Waals surface area contributed by atoms with Crippen molar-refractivity contribution in [2.45, 2.75) is 38.8 Å². The van der Waals surface area contributed by atoms with Crippen molar-refractivity contribution in [3.8, 4) is 0 Å². The lowest BCUT2D eigenvalue weighted by molar-refractivity contribution is 0.154. The third-order valence-corrected chi connectivity index (χ3v) is 4.73. The van der Waals surface area contributed by atoms with Gasteiger partial charge in [0.1, 0.15) is 5.82 Å². The van der Waals surface area contributed by atoms with Gasteiger partial charge in [-0.3, -0.25) is 15.2 Å². The molecular formula is C19H25N5O. The smallest absolute Gasteiger partial charge is 0.320 e. The van der Waals surface area contributed by atoms with E-state index in [2.05, 4.69) is 44.6 Å². The Morgan fingerprint density at radius 2 is 1.92 bits per heavy atom. The largest absolute Gasteiger partial charge is 0.335 e. The van der Waals surface area contributed by atoms with Crippen molar-refractivity contribution in [3.05, 3.63) is 54.0 Å². The van der Waals surface area contributed by atoms with Gasteiger partial charge in [-0.25, -0.2) is 9.78 Å². The summed E-state index contributed by atoms with van der Waals surface area (Å²) in [6.07, 6.45) is 5.57. The predicted molar refractivity (Wildman–Crippen MR) is 98.4 cm³/mol. The highest BCUT2D eigenvalue weighted by Gasteiger charge is 2.24. The van der Waals surface area contributed by atoms with Gasteiger partial charge >= 0.3 is 6.03 Å². The van der Waals surface area contributed by atoms with Gasteiger partial charge in [0, 0.05) is 43.3 Å². The lowest BCUT2D eigenvalue weighted by Gasteiger charge is -2.36. The molecule has 0 bridgehead atoms. The van der Waals surface area contributed by atoms with E-state index in [0.717, 1.165) is 31.6 Å². The first-order valence-electron chi connectivity index (χ1n) is 8.77. The summed E-state index contributed by atoms with van der Waals surface area (Å²) < 4.78 is 0. The zero-order valence-corrected chi connectivity index (χ0v) is 14.8. The molecule has 0 aromatic carbocycles. The molecule has 2 amide bonds. The molecule has 6 nitrogen and oxygen atoms in total. The molecule has 6 heteroatoms. The van der Waals surface area contributed by atoms with Crippen LogP contribution in [-0.2, 0) is 0 Å². The van der Waals surface area contributed by atoms with Crippen LogP contribution in [0.2, 0.25) is 0 Å². The van der Waals surface area contributed by atoms with Gasteiger partial charge in [0.25, 0.3) is 0 Å². The number of hydrogen-bond donors (Lipinski definition) is 2. The molecule has 0 spiro atoms. The fraction of sp³-hybridized carbons (Fsp3) is 0.421. The molecule has 3 rings (SSSR count). The van der Waals surface area contributed by atoms with Crippen molar-refractivity contribution in [3.63, 3.8) is 0 Å². The van der Waals surface area contributed by atoms with E-state index in [1.165, 1.54) is 5.56 Å². The second-order valence-electron chi connectivity index (χ2n) is 6.53. The van der Waals surface area contributed by atoms with Gasteiger partial charge in [0.05, 0.1) is 0 Å². The summed E-state index contributed by atoms with van der Waals surface area (Å²) in [5.74, 6) is 0.584. The van der Waals surface area contributed by atoms with Gasteiger partial charge < -0.3 is 5.32 Å². The van der Waals surface area contributed by atoms with Crippen molar-refractivity contribution in [2.75, 3.05) is 18.4 Å². The Morgan fingerprint density at radius 3 is 2.60 bits per heavy atom. The fourth-order valence-corrected chi connectivity index (χ4v) is 3.23. The first-order valence-corrected chi connectivity index (χ1v) is 8.77. The zero-order chi connectivity index (χ0) is 17.6. The third kappa shape index (κ3) is 4.76. The van der Waals surface area contributed by atoms with Crippen LogP contribution in [0.25, 0.3) is 0 Å². The summed E-state index contributed by atoms with van der Waals surface area (Å²) in [6, 6.07) is 10.1. The molecule has 1 saturated heterocycles. The molecule has 132 valence electrons. The Balaban J connectivity index is 1.47. The molecule has 0 aliphatic carbocycles. The molecule has 2 aromatic heterocycles. The lowest BCUT2D eigenvalue weighted by Crippen LogP contribution is -2.46. The summed E-state index contributed by atoms with van der Waals surface area (Å²) >= 11 is 0. The van der Waals surface area contributed by atoms with Crippen LogP contribution in [0, 0.1) is 6.92 Å². The summed E-state index contributed by atoms with van der Waals surface area (Å²) in [4.78, 5) is 23.0. The van der Waals surface area contributed by atoms with E-state index in [9.17, 15) is 4.79 Å². The lowest BCUT2D eigenvalue weighted by atomic mass is 10.0. The molecule has 0 radical (unpaired) electrons. The number of nitrogens with zero attached hydrogens (tertiary/aromatic N) is 3. The molecule has 25 heavy (non-hydrogen) atoms. The van der Waals surface area contributed by atoms with Crippen LogP contribution in [-0.4, -0.2) is 40.0 Å². The minimum absolute atomic E-state index is 0.182. The van der Waals surface area contributed by atoms with Gasteiger partial charge in [-0.1, -0.05) is 6.07 Å². The molecule has 0 unspecified atom stereocenters. The SMILES string of the molecule is Cc1cccc(NC(=O)NC2CCN([C@@H](C)c3ccncc3)CC2)n1. The van der Waals surface area contributed by atoms with E-state index < -0.39 is 0 Å². The number of aryl methyl sites for hydroxylation is 1. The maximum atomic E-state index is 12.1. The van der Waals surface area contributed by atoms with Crippen molar-refractivity contribution in [1.82, 2.24) is 20.2 Å². The van der Waals surface area contributed by atoms with E-state index in [1.54, 1.807) is 6.07 Å². The van der Waals surface area contributed by atoms with Crippen LogP contribution in [0.3, 0.4) is 0 Å². The van der Waals surface area contributed by atoms with Gasteiger partial charge in [0.15, 0.2) is 0 Å². The number of carbonyl (C=O) groups is 1. The van der Waals surface area contributed by atoms with E-state index in [4.69, 9.17) is 0 Å². The quantitative estimate of drug-likeness (QED) is 0.898. The first kappa shape index (κ1) is 17.4. The number of nitrogens with one attached hydrogen (secondary N) is 2. The molecule has 0 saturated carbocycles. The second-order valence-corrected chi connectivity index (χ2v) is 6.53. The number of carbonyl (C=O) groups excluding carboxylic acids is 1. The number of likely N-dealkylation sites (tertiary alicyclic amines) is 1. The van der Waals surface area contributed by atoms with Crippen molar-refractivity contribution in [1.29, 1.82) is 0 Å². The Labute approximate surface area is 148 Å². The maximum Gasteiger partial charge on any atom is 0.320 e. The van der Waals surface area contributed by atoms with E-state index >= 15 is 0 Å². The van der Waals surface area contributed by atoms with E-state index in [-0.39, 0.29) is 12.1 Å².